The minimum atomic E-state index is -0.477. The number of fused-ring (bicyclic) bond motifs is 1. The van der Waals surface area contributed by atoms with Gasteiger partial charge in [0, 0.05) is 36.5 Å². The zero-order valence-corrected chi connectivity index (χ0v) is 17.6. The molecule has 0 saturated heterocycles. The lowest BCUT2D eigenvalue weighted by atomic mass is 10.1. The van der Waals surface area contributed by atoms with Crippen molar-refractivity contribution in [2.45, 2.75) is 58.5 Å². The first-order valence-corrected chi connectivity index (χ1v) is 9.82. The number of aromatic amines is 1. The molecule has 0 amide bonds. The van der Waals surface area contributed by atoms with Gasteiger partial charge in [0.05, 0.1) is 0 Å². The Kier molecular flexibility index (Phi) is 7.63. The number of carbonyl (C=O) groups excluding carboxylic acids is 2. The lowest BCUT2D eigenvalue weighted by Crippen LogP contribution is -2.23. The van der Waals surface area contributed by atoms with Gasteiger partial charge in [-0.1, -0.05) is 6.07 Å². The van der Waals surface area contributed by atoms with Crippen LogP contribution in [0.2, 0.25) is 0 Å². The fourth-order valence-corrected chi connectivity index (χ4v) is 2.95. The normalized spacial score (nSPS) is 11.8. The minimum absolute atomic E-state index is 0.233. The maximum Gasteiger partial charge on any atom is 0.311 e. The van der Waals surface area contributed by atoms with Gasteiger partial charge >= 0.3 is 11.9 Å². The molecular weight excluding hydrogens is 356 g/mol. The first kappa shape index (κ1) is 22.0. The van der Waals surface area contributed by atoms with Gasteiger partial charge in [-0.05, 0) is 71.8 Å². The average Bonchev–Trinajstić information content (AvgIpc) is 2.99. The zero-order valence-electron chi connectivity index (χ0n) is 17.6. The fraction of sp³-hybridized carbons (Fsp3) is 0.545. The maximum absolute atomic E-state index is 12.3. The number of ether oxygens (including phenoxy) is 2. The molecule has 0 saturated carbocycles. The van der Waals surface area contributed by atoms with Crippen LogP contribution in [0, 0.1) is 0 Å². The molecule has 0 aliphatic heterocycles. The lowest BCUT2D eigenvalue weighted by molar-refractivity contribution is -0.155. The summed E-state index contributed by atoms with van der Waals surface area (Å²) in [5, 5.41) is 0.964. The SMILES string of the molecule is CN(C)CCc1c[nH]c2cccc(OC(=O)CCCCC(=O)OC(C)(C)C)c12. The first-order valence-electron chi connectivity index (χ1n) is 9.82. The molecule has 0 spiro atoms. The molecule has 0 unspecified atom stereocenters. The largest absolute Gasteiger partial charge is 0.460 e. The molecule has 0 radical (unpaired) electrons. The molecule has 0 atom stereocenters. The van der Waals surface area contributed by atoms with Gasteiger partial charge in [-0.3, -0.25) is 9.59 Å². The van der Waals surface area contributed by atoms with Crippen LogP contribution in [0.25, 0.3) is 10.9 Å². The molecule has 1 heterocycles. The summed E-state index contributed by atoms with van der Waals surface area (Å²) in [7, 11) is 4.07. The van der Waals surface area contributed by atoms with Crippen LogP contribution in [0.3, 0.4) is 0 Å². The van der Waals surface area contributed by atoms with Crippen LogP contribution in [0.5, 0.6) is 5.75 Å². The highest BCUT2D eigenvalue weighted by Crippen LogP contribution is 2.29. The number of carbonyl (C=O) groups is 2. The number of benzene rings is 1. The molecule has 0 bridgehead atoms. The van der Waals surface area contributed by atoms with Gasteiger partial charge < -0.3 is 19.4 Å². The van der Waals surface area contributed by atoms with Crippen LogP contribution in [-0.4, -0.2) is 48.1 Å². The number of H-pyrrole nitrogens is 1. The van der Waals surface area contributed by atoms with E-state index in [9.17, 15) is 9.59 Å². The summed E-state index contributed by atoms with van der Waals surface area (Å²) in [6.45, 7) is 6.45. The molecule has 2 rings (SSSR count). The van der Waals surface area contributed by atoms with E-state index in [2.05, 4.69) is 9.88 Å². The molecule has 1 aromatic heterocycles. The predicted molar refractivity (Wildman–Crippen MR) is 111 cm³/mol. The predicted octanol–water partition coefficient (Wildman–Crippen LogP) is 4.08. The summed E-state index contributed by atoms with van der Waals surface area (Å²) in [5.74, 6) is 0.0737. The third-order valence-corrected chi connectivity index (χ3v) is 4.23. The smallest absolute Gasteiger partial charge is 0.311 e. The van der Waals surface area contributed by atoms with Crippen molar-refractivity contribution in [3.8, 4) is 5.75 Å². The van der Waals surface area contributed by atoms with Crippen LogP contribution < -0.4 is 4.74 Å². The molecule has 0 fully saturated rings. The Hall–Kier alpha value is -2.34. The number of nitrogens with one attached hydrogen (secondary N) is 1. The highest BCUT2D eigenvalue weighted by atomic mass is 16.6. The van der Waals surface area contributed by atoms with Crippen LogP contribution in [0.15, 0.2) is 24.4 Å². The quantitative estimate of drug-likeness (QED) is 0.398. The molecule has 0 aliphatic rings. The average molecular weight is 389 g/mol. The Balaban J connectivity index is 1.89. The molecule has 1 aromatic carbocycles. The molecule has 1 N–H and O–H groups in total. The van der Waals surface area contributed by atoms with Gasteiger partial charge in [-0.2, -0.15) is 0 Å². The fourth-order valence-electron chi connectivity index (χ4n) is 2.95. The van der Waals surface area contributed by atoms with Crippen LogP contribution >= 0.6 is 0 Å². The topological polar surface area (TPSA) is 71.6 Å². The Labute approximate surface area is 167 Å². The van der Waals surface area contributed by atoms with Crippen molar-refractivity contribution >= 4 is 22.8 Å². The number of hydrogen-bond acceptors (Lipinski definition) is 5. The van der Waals surface area contributed by atoms with Crippen LogP contribution in [0.1, 0.15) is 52.0 Å². The van der Waals surface area contributed by atoms with Crippen molar-refractivity contribution in [3.05, 3.63) is 30.0 Å². The standard InChI is InChI=1S/C22H32N2O4/c1-22(2,3)28-20(26)12-7-6-11-19(25)27-18-10-8-9-17-21(18)16(15-23-17)13-14-24(4)5/h8-10,15,23H,6-7,11-14H2,1-5H3. The van der Waals surface area contributed by atoms with Gasteiger partial charge in [0.1, 0.15) is 11.4 Å². The minimum Gasteiger partial charge on any atom is -0.460 e. The number of hydrogen-bond donors (Lipinski definition) is 1. The van der Waals surface area contributed by atoms with E-state index in [1.165, 1.54) is 0 Å². The molecule has 154 valence electrons. The van der Waals surface area contributed by atoms with E-state index in [-0.39, 0.29) is 18.4 Å². The Morgan fingerprint density at radius 1 is 1.07 bits per heavy atom. The second-order valence-electron chi connectivity index (χ2n) is 8.31. The van der Waals surface area contributed by atoms with Crippen molar-refractivity contribution in [1.29, 1.82) is 0 Å². The number of nitrogens with zero attached hydrogens (tertiary/aromatic N) is 1. The first-order chi connectivity index (χ1) is 13.2. The second kappa shape index (κ2) is 9.73. The van der Waals surface area contributed by atoms with E-state index in [1.807, 2.05) is 59.3 Å². The maximum atomic E-state index is 12.3. The number of esters is 2. The summed E-state index contributed by atoms with van der Waals surface area (Å²) < 4.78 is 10.9. The number of rotatable bonds is 9. The zero-order chi connectivity index (χ0) is 20.7. The summed E-state index contributed by atoms with van der Waals surface area (Å²) in [6.07, 6.45) is 4.63. The number of aromatic nitrogens is 1. The molecular formula is C22H32N2O4. The van der Waals surface area contributed by atoms with Gasteiger partial charge in [0.15, 0.2) is 0 Å². The van der Waals surface area contributed by atoms with Crippen LogP contribution in [-0.2, 0) is 20.7 Å². The Bertz CT molecular complexity index is 802. The van der Waals surface area contributed by atoms with E-state index in [4.69, 9.17) is 9.47 Å². The van der Waals surface area contributed by atoms with Crippen molar-refractivity contribution < 1.29 is 19.1 Å². The van der Waals surface area contributed by atoms with Gasteiger partial charge in [-0.25, -0.2) is 0 Å². The Morgan fingerprint density at radius 2 is 1.75 bits per heavy atom. The van der Waals surface area contributed by atoms with E-state index >= 15 is 0 Å². The number of likely N-dealkylation sites (N-methyl/N-ethyl adjacent to an activating group) is 1. The van der Waals surface area contributed by atoms with Crippen molar-refractivity contribution in [3.63, 3.8) is 0 Å². The van der Waals surface area contributed by atoms with Gasteiger partial charge in [0.25, 0.3) is 0 Å². The highest BCUT2D eigenvalue weighted by Gasteiger charge is 2.16. The highest BCUT2D eigenvalue weighted by molar-refractivity contribution is 5.91. The van der Waals surface area contributed by atoms with E-state index < -0.39 is 5.60 Å². The van der Waals surface area contributed by atoms with Crippen LogP contribution in [0.4, 0.5) is 0 Å². The summed E-state index contributed by atoms with van der Waals surface area (Å²) >= 11 is 0. The second-order valence-corrected chi connectivity index (χ2v) is 8.31. The molecule has 0 aliphatic carbocycles. The van der Waals surface area contributed by atoms with E-state index in [1.54, 1.807) is 0 Å². The summed E-state index contributed by atoms with van der Waals surface area (Å²) in [6, 6.07) is 5.68. The molecule has 2 aromatic rings. The van der Waals surface area contributed by atoms with Gasteiger partial charge in [0.2, 0.25) is 0 Å². The van der Waals surface area contributed by atoms with Crippen molar-refractivity contribution in [1.82, 2.24) is 9.88 Å². The summed E-state index contributed by atoms with van der Waals surface area (Å²) in [4.78, 5) is 29.4. The van der Waals surface area contributed by atoms with E-state index in [0.717, 1.165) is 29.4 Å². The monoisotopic (exact) mass is 388 g/mol. The third-order valence-electron chi connectivity index (χ3n) is 4.23. The Morgan fingerprint density at radius 3 is 2.39 bits per heavy atom. The van der Waals surface area contributed by atoms with Crippen molar-refractivity contribution in [2.75, 3.05) is 20.6 Å². The lowest BCUT2D eigenvalue weighted by Gasteiger charge is -2.19. The molecule has 6 nitrogen and oxygen atoms in total. The molecule has 6 heteroatoms. The van der Waals surface area contributed by atoms with E-state index in [0.29, 0.717) is 25.0 Å². The van der Waals surface area contributed by atoms with Crippen molar-refractivity contribution in [2.24, 2.45) is 0 Å². The summed E-state index contributed by atoms with van der Waals surface area (Å²) in [5.41, 5.74) is 1.62. The molecule has 28 heavy (non-hydrogen) atoms. The number of unbranched alkanes of at least 4 members (excludes halogenated alkanes) is 1. The third kappa shape index (κ3) is 7.00. The van der Waals surface area contributed by atoms with Gasteiger partial charge in [-0.15, -0.1) is 0 Å².